The molecule has 0 bridgehead atoms. The lowest BCUT2D eigenvalue weighted by atomic mass is 10.1. The van der Waals surface area contributed by atoms with Crippen LogP contribution in [-0.2, 0) is 9.53 Å². The molecule has 0 radical (unpaired) electrons. The molecule has 1 aromatic carbocycles. The van der Waals surface area contributed by atoms with Crippen LogP contribution in [0.4, 0.5) is 5.69 Å². The largest absolute Gasteiger partial charge is 0.468 e. The maximum absolute atomic E-state index is 11.7. The van der Waals surface area contributed by atoms with Crippen molar-refractivity contribution in [3.05, 3.63) is 29.3 Å². The summed E-state index contributed by atoms with van der Waals surface area (Å²) in [5, 5.41) is 3.16. The Balaban J connectivity index is 2.64. The van der Waals surface area contributed by atoms with Crippen LogP contribution in [0.1, 0.15) is 24.5 Å². The highest BCUT2D eigenvalue weighted by Gasteiger charge is 2.18. The number of carbonyl (C=O) groups excluding carboxylic acids is 1. The highest BCUT2D eigenvalue weighted by molar-refractivity contribution is 5.75. The zero-order valence-corrected chi connectivity index (χ0v) is 13.2. The average molecular weight is 278 g/mol. The van der Waals surface area contributed by atoms with Crippen LogP contribution in [-0.4, -0.2) is 39.3 Å². The molecule has 0 saturated heterocycles. The lowest BCUT2D eigenvalue weighted by molar-refractivity contribution is -0.143. The van der Waals surface area contributed by atoms with Gasteiger partial charge in [-0.2, -0.15) is 0 Å². The van der Waals surface area contributed by atoms with E-state index in [0.29, 0.717) is 0 Å². The third-order valence-corrected chi connectivity index (χ3v) is 3.34. The predicted molar refractivity (Wildman–Crippen MR) is 83.3 cm³/mol. The van der Waals surface area contributed by atoms with E-state index in [4.69, 9.17) is 4.74 Å². The van der Waals surface area contributed by atoms with Gasteiger partial charge in [-0.05, 0) is 50.1 Å². The van der Waals surface area contributed by atoms with E-state index >= 15 is 0 Å². The zero-order chi connectivity index (χ0) is 15.1. The molecule has 0 spiro atoms. The highest BCUT2D eigenvalue weighted by Crippen LogP contribution is 2.18. The number of nitrogens with zero attached hydrogens (tertiary/aromatic N) is 1. The number of ether oxygens (including phenoxy) is 1. The van der Waals surface area contributed by atoms with Crippen LogP contribution in [0.5, 0.6) is 0 Å². The van der Waals surface area contributed by atoms with Crippen molar-refractivity contribution in [2.75, 3.05) is 32.1 Å². The summed E-state index contributed by atoms with van der Waals surface area (Å²) in [5.74, 6) is -0.194. The van der Waals surface area contributed by atoms with Gasteiger partial charge in [0.05, 0.1) is 7.11 Å². The van der Waals surface area contributed by atoms with Crippen molar-refractivity contribution in [1.29, 1.82) is 0 Å². The SMILES string of the molecule is CCNC(CCN(C)c1cc(C)cc(C)c1)C(=O)OC. The third-order valence-electron chi connectivity index (χ3n) is 3.34. The first-order valence-corrected chi connectivity index (χ1v) is 7.08. The molecule has 0 aromatic heterocycles. The Morgan fingerprint density at radius 1 is 1.30 bits per heavy atom. The summed E-state index contributed by atoms with van der Waals surface area (Å²) >= 11 is 0. The number of carbonyl (C=O) groups is 1. The molecule has 1 N–H and O–H groups in total. The molecule has 1 rings (SSSR count). The normalized spacial score (nSPS) is 12.1. The number of hydrogen-bond acceptors (Lipinski definition) is 4. The van der Waals surface area contributed by atoms with E-state index in [1.54, 1.807) is 0 Å². The van der Waals surface area contributed by atoms with Crippen molar-refractivity contribution < 1.29 is 9.53 Å². The van der Waals surface area contributed by atoms with Gasteiger partial charge in [0, 0.05) is 19.3 Å². The van der Waals surface area contributed by atoms with E-state index in [0.717, 1.165) is 19.5 Å². The highest BCUT2D eigenvalue weighted by atomic mass is 16.5. The maximum Gasteiger partial charge on any atom is 0.322 e. The number of nitrogens with one attached hydrogen (secondary N) is 1. The Kier molecular flexibility index (Phi) is 6.52. The summed E-state index contributed by atoms with van der Waals surface area (Å²) in [6.45, 7) is 7.74. The average Bonchev–Trinajstić information content (AvgIpc) is 2.41. The van der Waals surface area contributed by atoms with E-state index in [9.17, 15) is 4.79 Å². The van der Waals surface area contributed by atoms with Crippen LogP contribution in [0.25, 0.3) is 0 Å². The quantitative estimate of drug-likeness (QED) is 0.777. The Bertz CT molecular complexity index is 426. The van der Waals surface area contributed by atoms with E-state index in [1.807, 2.05) is 6.92 Å². The second kappa shape index (κ2) is 7.90. The van der Waals surface area contributed by atoms with E-state index in [-0.39, 0.29) is 12.0 Å². The first-order valence-electron chi connectivity index (χ1n) is 7.08. The summed E-state index contributed by atoms with van der Waals surface area (Å²) in [6, 6.07) is 6.24. The number of esters is 1. The van der Waals surface area contributed by atoms with Crippen LogP contribution in [0, 0.1) is 13.8 Å². The van der Waals surface area contributed by atoms with Gasteiger partial charge in [0.1, 0.15) is 6.04 Å². The lowest BCUT2D eigenvalue weighted by Crippen LogP contribution is -2.40. The summed E-state index contributed by atoms with van der Waals surface area (Å²) in [5.41, 5.74) is 3.69. The minimum absolute atomic E-state index is 0.194. The van der Waals surface area contributed by atoms with Crippen molar-refractivity contribution >= 4 is 11.7 Å². The smallest absolute Gasteiger partial charge is 0.322 e. The maximum atomic E-state index is 11.7. The van der Waals surface area contributed by atoms with Gasteiger partial charge >= 0.3 is 5.97 Å². The number of benzene rings is 1. The number of anilines is 1. The molecule has 0 aliphatic rings. The van der Waals surface area contributed by atoms with Crippen LogP contribution in [0.15, 0.2) is 18.2 Å². The number of likely N-dealkylation sites (N-methyl/N-ethyl adjacent to an activating group) is 1. The van der Waals surface area contributed by atoms with Gasteiger partial charge in [-0.15, -0.1) is 0 Å². The Labute approximate surface area is 122 Å². The number of aryl methyl sites for hydroxylation is 2. The molecule has 0 saturated carbocycles. The Hall–Kier alpha value is -1.55. The molecule has 1 unspecified atom stereocenters. The first-order chi connectivity index (χ1) is 9.47. The van der Waals surface area contributed by atoms with Gasteiger partial charge < -0.3 is 15.0 Å². The second-order valence-electron chi connectivity index (χ2n) is 5.19. The van der Waals surface area contributed by atoms with Crippen LogP contribution in [0.3, 0.4) is 0 Å². The molecule has 0 aliphatic heterocycles. The fourth-order valence-corrected chi connectivity index (χ4v) is 2.31. The molecule has 4 nitrogen and oxygen atoms in total. The zero-order valence-electron chi connectivity index (χ0n) is 13.2. The number of rotatable bonds is 7. The third kappa shape index (κ3) is 4.85. The summed E-state index contributed by atoms with van der Waals surface area (Å²) in [6.07, 6.45) is 0.726. The standard InChI is InChI=1S/C16H26N2O2/c1-6-17-15(16(19)20-5)7-8-18(4)14-10-12(2)9-13(3)11-14/h9-11,15,17H,6-8H2,1-5H3. The molecule has 20 heavy (non-hydrogen) atoms. The molecule has 0 heterocycles. The van der Waals surface area contributed by atoms with Crippen molar-refractivity contribution in [2.24, 2.45) is 0 Å². The summed E-state index contributed by atoms with van der Waals surface area (Å²) in [4.78, 5) is 13.8. The molecule has 1 atom stereocenters. The molecule has 4 heteroatoms. The van der Waals surface area contributed by atoms with Gasteiger partial charge in [0.15, 0.2) is 0 Å². The molecule has 1 aromatic rings. The Morgan fingerprint density at radius 3 is 2.40 bits per heavy atom. The monoisotopic (exact) mass is 278 g/mol. The van der Waals surface area contributed by atoms with Crippen molar-refractivity contribution in [3.63, 3.8) is 0 Å². The van der Waals surface area contributed by atoms with E-state index in [1.165, 1.54) is 23.9 Å². The lowest BCUT2D eigenvalue weighted by Gasteiger charge is -2.23. The van der Waals surface area contributed by atoms with Crippen LogP contribution >= 0.6 is 0 Å². The van der Waals surface area contributed by atoms with Crippen molar-refractivity contribution in [1.82, 2.24) is 5.32 Å². The Morgan fingerprint density at radius 2 is 1.90 bits per heavy atom. The molecule has 0 aliphatic carbocycles. The van der Waals surface area contributed by atoms with Gasteiger partial charge in [-0.25, -0.2) is 0 Å². The van der Waals surface area contributed by atoms with Gasteiger partial charge in [0.2, 0.25) is 0 Å². The van der Waals surface area contributed by atoms with Crippen LogP contribution < -0.4 is 10.2 Å². The fourth-order valence-electron chi connectivity index (χ4n) is 2.31. The van der Waals surface area contributed by atoms with Crippen molar-refractivity contribution in [3.8, 4) is 0 Å². The van der Waals surface area contributed by atoms with Crippen LogP contribution in [0.2, 0.25) is 0 Å². The number of methoxy groups -OCH3 is 1. The minimum atomic E-state index is -0.238. The molecule has 112 valence electrons. The predicted octanol–water partition coefficient (Wildman–Crippen LogP) is 2.28. The van der Waals surface area contributed by atoms with Gasteiger partial charge in [-0.3, -0.25) is 4.79 Å². The van der Waals surface area contributed by atoms with E-state index < -0.39 is 0 Å². The number of hydrogen-bond donors (Lipinski definition) is 1. The topological polar surface area (TPSA) is 41.6 Å². The van der Waals surface area contributed by atoms with E-state index in [2.05, 4.69) is 49.3 Å². The molecular weight excluding hydrogens is 252 g/mol. The van der Waals surface area contributed by atoms with Gasteiger partial charge in [0.25, 0.3) is 0 Å². The molecule has 0 fully saturated rings. The molecular formula is C16H26N2O2. The first kappa shape index (κ1) is 16.5. The molecule has 0 amide bonds. The fraction of sp³-hybridized carbons (Fsp3) is 0.562. The summed E-state index contributed by atoms with van der Waals surface area (Å²) in [7, 11) is 3.48. The van der Waals surface area contributed by atoms with Crippen molar-refractivity contribution in [2.45, 2.75) is 33.2 Å². The summed E-state index contributed by atoms with van der Waals surface area (Å²) < 4.78 is 4.82. The minimum Gasteiger partial charge on any atom is -0.468 e. The second-order valence-corrected chi connectivity index (χ2v) is 5.19. The van der Waals surface area contributed by atoms with Gasteiger partial charge in [-0.1, -0.05) is 13.0 Å².